The van der Waals surface area contributed by atoms with Gasteiger partial charge >= 0.3 is 0 Å². The van der Waals surface area contributed by atoms with Crippen molar-refractivity contribution in [1.82, 2.24) is 0 Å². The molecule has 0 aromatic heterocycles. The maximum atomic E-state index is 3.45. The number of hydrogen-bond acceptors (Lipinski definition) is 1. The van der Waals surface area contributed by atoms with Crippen molar-refractivity contribution < 1.29 is 0 Å². The topological polar surface area (TPSA) is 0 Å². The van der Waals surface area contributed by atoms with E-state index >= 15 is 0 Å². The van der Waals surface area contributed by atoms with Gasteiger partial charge in [0.05, 0.1) is 0 Å². The Kier molecular flexibility index (Phi) is 4.23. The SMILES string of the molecule is CCSc1cc(Br)ccc1I. The first-order valence-corrected chi connectivity index (χ1v) is 6.17. The van der Waals surface area contributed by atoms with E-state index in [1.807, 2.05) is 11.8 Å². The first kappa shape index (κ1) is 9.86. The van der Waals surface area contributed by atoms with Crippen LogP contribution < -0.4 is 0 Å². The van der Waals surface area contributed by atoms with Gasteiger partial charge in [-0.25, -0.2) is 0 Å². The molecule has 11 heavy (non-hydrogen) atoms. The predicted octanol–water partition coefficient (Wildman–Crippen LogP) is 4.17. The first-order chi connectivity index (χ1) is 5.24. The Morgan fingerprint density at radius 3 is 2.91 bits per heavy atom. The average molecular weight is 343 g/mol. The van der Waals surface area contributed by atoms with Crippen LogP contribution in [0.3, 0.4) is 0 Å². The van der Waals surface area contributed by atoms with Crippen LogP contribution in [0.2, 0.25) is 0 Å². The monoisotopic (exact) mass is 342 g/mol. The van der Waals surface area contributed by atoms with Gasteiger partial charge in [0.25, 0.3) is 0 Å². The van der Waals surface area contributed by atoms with E-state index in [0.29, 0.717) is 0 Å². The molecule has 0 spiro atoms. The normalized spacial score (nSPS) is 10.1. The van der Waals surface area contributed by atoms with Gasteiger partial charge < -0.3 is 0 Å². The van der Waals surface area contributed by atoms with Crippen molar-refractivity contribution in [2.75, 3.05) is 5.75 Å². The van der Waals surface area contributed by atoms with Gasteiger partial charge in [-0.05, 0) is 46.5 Å². The summed E-state index contributed by atoms with van der Waals surface area (Å²) in [7, 11) is 0. The fraction of sp³-hybridized carbons (Fsp3) is 0.250. The van der Waals surface area contributed by atoms with Gasteiger partial charge in [-0.3, -0.25) is 0 Å². The molecule has 1 rings (SSSR count). The summed E-state index contributed by atoms with van der Waals surface area (Å²) in [4.78, 5) is 1.36. The lowest BCUT2D eigenvalue weighted by atomic mass is 10.4. The molecule has 0 fully saturated rings. The Labute approximate surface area is 93.4 Å². The number of thioether (sulfide) groups is 1. The Morgan fingerprint density at radius 2 is 2.27 bits per heavy atom. The van der Waals surface area contributed by atoms with Crippen LogP contribution in [0.15, 0.2) is 27.6 Å². The van der Waals surface area contributed by atoms with Crippen molar-refractivity contribution in [3.8, 4) is 0 Å². The first-order valence-electron chi connectivity index (χ1n) is 3.32. The van der Waals surface area contributed by atoms with Crippen LogP contribution in [0.1, 0.15) is 6.92 Å². The highest BCUT2D eigenvalue weighted by molar-refractivity contribution is 14.1. The molecule has 0 nitrogen and oxygen atoms in total. The van der Waals surface area contributed by atoms with E-state index in [-0.39, 0.29) is 0 Å². The largest absolute Gasteiger partial charge is 0.125 e. The van der Waals surface area contributed by atoms with Crippen LogP contribution in [-0.4, -0.2) is 5.75 Å². The zero-order valence-corrected chi connectivity index (χ0v) is 10.7. The van der Waals surface area contributed by atoms with E-state index in [9.17, 15) is 0 Å². The Morgan fingerprint density at radius 1 is 1.55 bits per heavy atom. The average Bonchev–Trinajstić information content (AvgIpc) is 1.98. The van der Waals surface area contributed by atoms with Gasteiger partial charge in [0.1, 0.15) is 0 Å². The van der Waals surface area contributed by atoms with Crippen molar-refractivity contribution in [3.63, 3.8) is 0 Å². The molecule has 0 aliphatic heterocycles. The zero-order valence-electron chi connectivity index (χ0n) is 6.10. The van der Waals surface area contributed by atoms with Crippen LogP contribution in [0.5, 0.6) is 0 Å². The molecule has 0 saturated heterocycles. The van der Waals surface area contributed by atoms with E-state index in [4.69, 9.17) is 0 Å². The Hall–Kier alpha value is 0.780. The van der Waals surface area contributed by atoms with E-state index in [1.165, 1.54) is 8.47 Å². The van der Waals surface area contributed by atoms with Crippen molar-refractivity contribution in [1.29, 1.82) is 0 Å². The summed E-state index contributed by atoms with van der Waals surface area (Å²) in [5, 5.41) is 0. The standard InChI is InChI=1S/C8H8BrIS/c1-2-11-8-5-6(9)3-4-7(8)10/h3-5H,2H2,1H3. The number of benzene rings is 1. The summed E-state index contributed by atoms with van der Waals surface area (Å²) in [5.74, 6) is 1.13. The summed E-state index contributed by atoms with van der Waals surface area (Å²) in [5.41, 5.74) is 0. The molecule has 0 amide bonds. The lowest BCUT2D eigenvalue weighted by molar-refractivity contribution is 1.36. The van der Waals surface area contributed by atoms with Gasteiger partial charge in [-0.2, -0.15) is 0 Å². The summed E-state index contributed by atoms with van der Waals surface area (Å²) in [6, 6.07) is 6.36. The van der Waals surface area contributed by atoms with Gasteiger partial charge in [-0.1, -0.05) is 22.9 Å². The molecule has 0 saturated carbocycles. The molecule has 0 N–H and O–H groups in total. The van der Waals surface area contributed by atoms with Crippen LogP contribution in [-0.2, 0) is 0 Å². The highest BCUT2D eigenvalue weighted by Gasteiger charge is 1.98. The highest BCUT2D eigenvalue weighted by Crippen LogP contribution is 2.27. The second kappa shape index (κ2) is 4.72. The maximum Gasteiger partial charge on any atom is 0.0267 e. The molecule has 0 aliphatic rings. The molecule has 1 aromatic carbocycles. The second-order valence-electron chi connectivity index (χ2n) is 2.01. The predicted molar refractivity (Wildman–Crippen MR) is 63.3 cm³/mol. The van der Waals surface area contributed by atoms with Crippen molar-refractivity contribution >= 4 is 50.3 Å². The van der Waals surface area contributed by atoms with Crippen molar-refractivity contribution in [2.24, 2.45) is 0 Å². The minimum atomic E-state index is 1.13. The summed E-state index contributed by atoms with van der Waals surface area (Å²) in [6.45, 7) is 2.17. The molecule has 0 atom stereocenters. The fourth-order valence-electron chi connectivity index (χ4n) is 0.743. The van der Waals surface area contributed by atoms with Crippen molar-refractivity contribution in [3.05, 3.63) is 26.2 Å². The molecule has 0 bridgehead atoms. The minimum Gasteiger partial charge on any atom is -0.125 e. The van der Waals surface area contributed by atoms with Crippen LogP contribution in [0.4, 0.5) is 0 Å². The molecular formula is C8H8BrIS. The fourth-order valence-corrected chi connectivity index (χ4v) is 2.79. The van der Waals surface area contributed by atoms with Gasteiger partial charge in [0, 0.05) is 12.9 Å². The zero-order chi connectivity index (χ0) is 8.27. The van der Waals surface area contributed by atoms with E-state index in [2.05, 4.69) is 63.6 Å². The van der Waals surface area contributed by atoms with E-state index in [1.54, 1.807) is 0 Å². The molecule has 3 heteroatoms. The molecular weight excluding hydrogens is 335 g/mol. The molecule has 0 radical (unpaired) electrons. The Balaban J connectivity index is 2.93. The number of rotatable bonds is 2. The van der Waals surface area contributed by atoms with Crippen LogP contribution in [0, 0.1) is 3.57 Å². The third kappa shape index (κ3) is 2.95. The summed E-state index contributed by atoms with van der Waals surface area (Å²) >= 11 is 7.69. The lowest BCUT2D eigenvalue weighted by Gasteiger charge is -2.01. The maximum absolute atomic E-state index is 3.45. The Bertz CT molecular complexity index is 250. The third-order valence-electron chi connectivity index (χ3n) is 1.19. The van der Waals surface area contributed by atoms with Gasteiger partial charge in [-0.15, -0.1) is 11.8 Å². The molecule has 1 aromatic rings. The van der Waals surface area contributed by atoms with Crippen molar-refractivity contribution in [2.45, 2.75) is 11.8 Å². The molecule has 0 aliphatic carbocycles. The van der Waals surface area contributed by atoms with Gasteiger partial charge in [0.2, 0.25) is 0 Å². The van der Waals surface area contributed by atoms with Gasteiger partial charge in [0.15, 0.2) is 0 Å². The quantitative estimate of drug-likeness (QED) is 0.574. The lowest BCUT2D eigenvalue weighted by Crippen LogP contribution is -1.78. The summed E-state index contributed by atoms with van der Waals surface area (Å²) in [6.07, 6.45) is 0. The molecule has 60 valence electrons. The second-order valence-corrected chi connectivity index (χ2v) is 5.39. The van der Waals surface area contributed by atoms with Crippen LogP contribution >= 0.6 is 50.3 Å². The van der Waals surface area contributed by atoms with E-state index in [0.717, 1.165) is 10.2 Å². The molecule has 0 unspecified atom stereocenters. The minimum absolute atomic E-state index is 1.13. The third-order valence-corrected chi connectivity index (χ3v) is 3.93. The highest BCUT2D eigenvalue weighted by atomic mass is 127. The smallest absolute Gasteiger partial charge is 0.0267 e. The summed E-state index contributed by atoms with van der Waals surface area (Å²) < 4.78 is 2.49. The van der Waals surface area contributed by atoms with Crippen LogP contribution in [0.25, 0.3) is 0 Å². The molecule has 0 heterocycles. The number of halogens is 2. The van der Waals surface area contributed by atoms with E-state index < -0.39 is 0 Å². The number of hydrogen-bond donors (Lipinski definition) is 0.